The molecule has 1 aromatic carbocycles. The van der Waals surface area contributed by atoms with Crippen LogP contribution in [0.25, 0.3) is 10.9 Å². The standard InChI is InChI=1S/C17H18N2O4/c20-16(18-10-13-5-3-9-22-13)11-23-17(21)15-8-7-12-4-1-2-6-14(12)19-15/h1-2,4,6-8,13H,3,5,9-11H2,(H,18,20). The van der Waals surface area contributed by atoms with E-state index in [1.807, 2.05) is 24.3 Å². The van der Waals surface area contributed by atoms with Crippen molar-refractivity contribution in [3.05, 3.63) is 42.1 Å². The molecule has 6 heteroatoms. The van der Waals surface area contributed by atoms with E-state index in [2.05, 4.69) is 10.3 Å². The fourth-order valence-corrected chi connectivity index (χ4v) is 2.47. The van der Waals surface area contributed by atoms with Crippen LogP contribution in [0.2, 0.25) is 0 Å². The van der Waals surface area contributed by atoms with Crippen LogP contribution < -0.4 is 5.32 Å². The van der Waals surface area contributed by atoms with Gasteiger partial charge in [-0.15, -0.1) is 0 Å². The van der Waals surface area contributed by atoms with Crippen molar-refractivity contribution >= 4 is 22.8 Å². The molecule has 1 atom stereocenters. The van der Waals surface area contributed by atoms with Crippen LogP contribution in [0.4, 0.5) is 0 Å². The van der Waals surface area contributed by atoms with E-state index >= 15 is 0 Å². The quantitative estimate of drug-likeness (QED) is 0.850. The Morgan fingerprint density at radius 2 is 2.13 bits per heavy atom. The van der Waals surface area contributed by atoms with Gasteiger partial charge in [0.25, 0.3) is 5.91 Å². The van der Waals surface area contributed by atoms with Gasteiger partial charge in [-0.25, -0.2) is 9.78 Å². The SMILES string of the molecule is O=C(COC(=O)c1ccc2ccccc2n1)NCC1CCCO1. The number of hydrogen-bond acceptors (Lipinski definition) is 5. The van der Waals surface area contributed by atoms with Crippen LogP contribution in [0.15, 0.2) is 36.4 Å². The molecular weight excluding hydrogens is 296 g/mol. The highest BCUT2D eigenvalue weighted by atomic mass is 16.5. The zero-order valence-electron chi connectivity index (χ0n) is 12.7. The molecule has 1 aliphatic heterocycles. The molecule has 0 spiro atoms. The molecule has 1 aliphatic rings. The van der Waals surface area contributed by atoms with Gasteiger partial charge < -0.3 is 14.8 Å². The summed E-state index contributed by atoms with van der Waals surface area (Å²) in [5.41, 5.74) is 0.903. The van der Waals surface area contributed by atoms with Crippen LogP contribution in [0.3, 0.4) is 0 Å². The van der Waals surface area contributed by atoms with Gasteiger partial charge in [-0.2, -0.15) is 0 Å². The van der Waals surface area contributed by atoms with Crippen molar-refractivity contribution in [2.24, 2.45) is 0 Å². The van der Waals surface area contributed by atoms with Gasteiger partial charge in [0.15, 0.2) is 6.61 Å². The Morgan fingerprint density at radius 1 is 1.26 bits per heavy atom. The lowest BCUT2D eigenvalue weighted by Gasteiger charge is -2.10. The first-order chi connectivity index (χ1) is 11.2. The van der Waals surface area contributed by atoms with E-state index in [0.29, 0.717) is 12.1 Å². The summed E-state index contributed by atoms with van der Waals surface area (Å²) in [5, 5.41) is 3.64. The molecule has 0 saturated carbocycles. The van der Waals surface area contributed by atoms with Gasteiger partial charge in [0.05, 0.1) is 11.6 Å². The van der Waals surface area contributed by atoms with Gasteiger partial charge in [-0.3, -0.25) is 4.79 Å². The number of para-hydroxylation sites is 1. The number of carbonyl (C=O) groups excluding carboxylic acids is 2. The fraction of sp³-hybridized carbons (Fsp3) is 0.353. The molecule has 2 heterocycles. The maximum atomic E-state index is 12.0. The topological polar surface area (TPSA) is 77.5 Å². The van der Waals surface area contributed by atoms with Crippen molar-refractivity contribution in [3.8, 4) is 0 Å². The lowest BCUT2D eigenvalue weighted by molar-refractivity contribution is -0.124. The van der Waals surface area contributed by atoms with Crippen LogP contribution in [-0.2, 0) is 14.3 Å². The number of carbonyl (C=O) groups is 2. The highest BCUT2D eigenvalue weighted by Crippen LogP contribution is 2.12. The fourth-order valence-electron chi connectivity index (χ4n) is 2.47. The van der Waals surface area contributed by atoms with E-state index < -0.39 is 5.97 Å². The smallest absolute Gasteiger partial charge is 0.357 e. The average molecular weight is 314 g/mol. The zero-order chi connectivity index (χ0) is 16.1. The molecule has 1 unspecified atom stereocenters. The van der Waals surface area contributed by atoms with Crippen LogP contribution in [-0.4, -0.2) is 42.7 Å². The number of pyridine rings is 1. The average Bonchev–Trinajstić information content (AvgIpc) is 3.11. The first-order valence-corrected chi connectivity index (χ1v) is 7.63. The number of rotatable bonds is 5. The Morgan fingerprint density at radius 3 is 2.96 bits per heavy atom. The van der Waals surface area contributed by atoms with Crippen LogP contribution in [0, 0.1) is 0 Å². The van der Waals surface area contributed by atoms with Gasteiger partial charge in [-0.1, -0.05) is 24.3 Å². The number of nitrogens with zero attached hydrogens (tertiary/aromatic N) is 1. The van der Waals surface area contributed by atoms with E-state index in [1.165, 1.54) is 0 Å². The van der Waals surface area contributed by atoms with E-state index in [1.54, 1.807) is 12.1 Å². The molecule has 3 rings (SSSR count). The number of fused-ring (bicyclic) bond motifs is 1. The molecule has 23 heavy (non-hydrogen) atoms. The molecule has 1 N–H and O–H groups in total. The van der Waals surface area contributed by atoms with E-state index in [4.69, 9.17) is 9.47 Å². The number of ether oxygens (including phenoxy) is 2. The first-order valence-electron chi connectivity index (χ1n) is 7.63. The third-order valence-corrected chi connectivity index (χ3v) is 3.69. The summed E-state index contributed by atoms with van der Waals surface area (Å²) in [6.45, 7) is 0.869. The van der Waals surface area contributed by atoms with E-state index in [9.17, 15) is 9.59 Å². The van der Waals surface area contributed by atoms with Crippen molar-refractivity contribution in [1.29, 1.82) is 0 Å². The molecule has 1 saturated heterocycles. The van der Waals surface area contributed by atoms with Gasteiger partial charge >= 0.3 is 5.97 Å². The minimum atomic E-state index is -0.608. The Labute approximate surface area is 133 Å². The third-order valence-electron chi connectivity index (χ3n) is 3.69. The summed E-state index contributed by atoms with van der Waals surface area (Å²) in [4.78, 5) is 27.9. The molecule has 1 fully saturated rings. The maximum absolute atomic E-state index is 12.0. The Balaban J connectivity index is 1.50. The summed E-state index contributed by atoms with van der Waals surface area (Å²) in [5.74, 6) is -0.947. The lowest BCUT2D eigenvalue weighted by atomic mass is 10.2. The molecule has 1 amide bonds. The number of esters is 1. The highest BCUT2D eigenvalue weighted by Gasteiger charge is 2.17. The number of hydrogen-bond donors (Lipinski definition) is 1. The minimum Gasteiger partial charge on any atom is -0.451 e. The summed E-state index contributed by atoms with van der Waals surface area (Å²) < 4.78 is 10.4. The predicted octanol–water partition coefficient (Wildman–Crippen LogP) is 1.69. The summed E-state index contributed by atoms with van der Waals surface area (Å²) >= 11 is 0. The molecular formula is C17H18N2O4. The Bertz CT molecular complexity index is 711. The number of aromatic nitrogens is 1. The molecule has 0 bridgehead atoms. The van der Waals surface area contributed by atoms with Crippen molar-refractivity contribution < 1.29 is 19.1 Å². The van der Waals surface area contributed by atoms with E-state index in [-0.39, 0.29) is 24.3 Å². The Kier molecular flexibility index (Phi) is 4.83. The highest BCUT2D eigenvalue weighted by molar-refractivity contribution is 5.92. The third kappa shape index (κ3) is 4.04. The van der Waals surface area contributed by atoms with Crippen molar-refractivity contribution in [2.45, 2.75) is 18.9 Å². The van der Waals surface area contributed by atoms with Crippen molar-refractivity contribution in [2.75, 3.05) is 19.8 Å². The number of nitrogens with one attached hydrogen (secondary N) is 1. The predicted molar refractivity (Wildman–Crippen MR) is 84.0 cm³/mol. The monoisotopic (exact) mass is 314 g/mol. The van der Waals surface area contributed by atoms with Crippen molar-refractivity contribution in [3.63, 3.8) is 0 Å². The van der Waals surface area contributed by atoms with Crippen LogP contribution in [0.5, 0.6) is 0 Å². The molecule has 120 valence electrons. The molecule has 2 aromatic rings. The summed E-state index contributed by atoms with van der Waals surface area (Å²) in [6, 6.07) is 10.9. The zero-order valence-corrected chi connectivity index (χ0v) is 12.7. The second-order valence-electron chi connectivity index (χ2n) is 5.40. The largest absolute Gasteiger partial charge is 0.451 e. The molecule has 0 radical (unpaired) electrons. The van der Waals surface area contributed by atoms with Gasteiger partial charge in [0.1, 0.15) is 5.69 Å². The second kappa shape index (κ2) is 7.19. The maximum Gasteiger partial charge on any atom is 0.357 e. The van der Waals surface area contributed by atoms with Crippen molar-refractivity contribution in [1.82, 2.24) is 10.3 Å². The molecule has 1 aromatic heterocycles. The number of amides is 1. The lowest BCUT2D eigenvalue weighted by Crippen LogP contribution is -2.34. The van der Waals surface area contributed by atoms with Crippen LogP contribution >= 0.6 is 0 Å². The summed E-state index contributed by atoms with van der Waals surface area (Å²) in [6.07, 6.45) is 2.03. The van der Waals surface area contributed by atoms with Gasteiger partial charge in [0.2, 0.25) is 0 Å². The van der Waals surface area contributed by atoms with Gasteiger partial charge in [-0.05, 0) is 25.0 Å². The summed E-state index contributed by atoms with van der Waals surface area (Å²) in [7, 11) is 0. The molecule has 6 nitrogen and oxygen atoms in total. The number of benzene rings is 1. The molecule has 0 aliphatic carbocycles. The normalized spacial score (nSPS) is 17.1. The van der Waals surface area contributed by atoms with E-state index in [0.717, 1.165) is 24.8 Å². The van der Waals surface area contributed by atoms with Crippen LogP contribution in [0.1, 0.15) is 23.3 Å². The first kappa shape index (κ1) is 15.4. The van der Waals surface area contributed by atoms with Gasteiger partial charge in [0, 0.05) is 18.5 Å². The Hall–Kier alpha value is -2.47. The second-order valence-corrected chi connectivity index (χ2v) is 5.40. The minimum absolute atomic E-state index is 0.0665.